The van der Waals surface area contributed by atoms with E-state index in [1.165, 1.54) is 11.3 Å². The van der Waals surface area contributed by atoms with Crippen LogP contribution in [0.1, 0.15) is 32.3 Å². The molecule has 1 saturated heterocycles. The van der Waals surface area contributed by atoms with Crippen molar-refractivity contribution in [3.05, 3.63) is 29.8 Å². The lowest BCUT2D eigenvalue weighted by molar-refractivity contribution is 0.0983. The number of rotatable bonds is 4. The van der Waals surface area contributed by atoms with Crippen LogP contribution in [0.2, 0.25) is 0 Å². The van der Waals surface area contributed by atoms with Gasteiger partial charge in [0.2, 0.25) is 0 Å². The summed E-state index contributed by atoms with van der Waals surface area (Å²) in [5.41, 5.74) is 2.57. The van der Waals surface area contributed by atoms with E-state index >= 15 is 0 Å². The lowest BCUT2D eigenvalue weighted by Crippen LogP contribution is -2.42. The Balaban J connectivity index is 1.87. The third kappa shape index (κ3) is 3.65. The first kappa shape index (κ1) is 14.7. The summed E-state index contributed by atoms with van der Waals surface area (Å²) in [4.78, 5) is 13.4. The van der Waals surface area contributed by atoms with Gasteiger partial charge in [-0.05, 0) is 37.8 Å². The highest BCUT2D eigenvalue weighted by Crippen LogP contribution is 2.21. The number of nitrogens with zero attached hydrogens (tertiary/aromatic N) is 1. The zero-order valence-electron chi connectivity index (χ0n) is 12.4. The van der Waals surface area contributed by atoms with Gasteiger partial charge in [-0.3, -0.25) is 0 Å². The van der Waals surface area contributed by atoms with Crippen LogP contribution < -0.4 is 5.32 Å². The first-order valence-corrected chi connectivity index (χ1v) is 7.50. The number of benzene rings is 1. The number of nitrogens with one attached hydrogen (secondary N) is 1. The molecule has 0 aromatic heterocycles. The van der Waals surface area contributed by atoms with Crippen molar-refractivity contribution in [3.8, 4) is 0 Å². The quantitative estimate of drug-likeness (QED) is 0.917. The number of hydrogen-bond acceptors (Lipinski definition) is 3. The highest BCUT2D eigenvalue weighted by Gasteiger charge is 2.23. The first-order valence-electron chi connectivity index (χ1n) is 7.50. The predicted octanol–water partition coefficient (Wildman–Crippen LogP) is 3.28. The van der Waals surface area contributed by atoms with Gasteiger partial charge in [-0.25, -0.2) is 4.79 Å². The summed E-state index contributed by atoms with van der Waals surface area (Å²) >= 11 is 0. The second-order valence-electron chi connectivity index (χ2n) is 5.12. The maximum atomic E-state index is 11.6. The van der Waals surface area contributed by atoms with Gasteiger partial charge in [0.05, 0.1) is 6.61 Å². The van der Waals surface area contributed by atoms with E-state index in [1.807, 2.05) is 6.92 Å². The average Bonchev–Trinajstić information content (AvgIpc) is 2.49. The number of hydrogen-bond donors (Lipinski definition) is 1. The van der Waals surface area contributed by atoms with Crippen LogP contribution >= 0.6 is 0 Å². The zero-order valence-corrected chi connectivity index (χ0v) is 12.4. The number of piperidine rings is 1. The molecule has 1 aliphatic rings. The molecule has 1 N–H and O–H groups in total. The van der Waals surface area contributed by atoms with Crippen molar-refractivity contribution in [2.75, 3.05) is 25.0 Å². The SMILES string of the molecule is CCOC(=O)N1CCC(Nc2ccccc2CC)CC1. The molecule has 4 nitrogen and oxygen atoms in total. The van der Waals surface area contributed by atoms with Gasteiger partial charge in [0.15, 0.2) is 0 Å². The molecule has 1 aromatic carbocycles. The maximum absolute atomic E-state index is 11.6. The van der Waals surface area contributed by atoms with E-state index in [9.17, 15) is 4.79 Å². The van der Waals surface area contributed by atoms with E-state index in [4.69, 9.17) is 4.74 Å². The molecule has 1 fully saturated rings. The Morgan fingerprint density at radius 3 is 2.65 bits per heavy atom. The maximum Gasteiger partial charge on any atom is 0.409 e. The van der Waals surface area contributed by atoms with Gasteiger partial charge in [0.1, 0.15) is 0 Å². The Hall–Kier alpha value is -1.71. The molecule has 0 aliphatic carbocycles. The van der Waals surface area contributed by atoms with Crippen molar-refractivity contribution in [2.45, 2.75) is 39.2 Å². The van der Waals surface area contributed by atoms with Gasteiger partial charge < -0.3 is 15.0 Å². The molecule has 0 unspecified atom stereocenters. The summed E-state index contributed by atoms with van der Waals surface area (Å²) in [6, 6.07) is 8.88. The second-order valence-corrected chi connectivity index (χ2v) is 5.12. The van der Waals surface area contributed by atoms with Crippen molar-refractivity contribution in [3.63, 3.8) is 0 Å². The van der Waals surface area contributed by atoms with Crippen molar-refractivity contribution in [1.29, 1.82) is 0 Å². The van der Waals surface area contributed by atoms with E-state index in [-0.39, 0.29) is 6.09 Å². The summed E-state index contributed by atoms with van der Waals surface area (Å²) in [6.07, 6.45) is 2.79. The summed E-state index contributed by atoms with van der Waals surface area (Å²) in [6.45, 7) is 5.99. The average molecular weight is 276 g/mol. The van der Waals surface area contributed by atoms with Crippen LogP contribution in [0.3, 0.4) is 0 Å². The number of anilines is 1. The van der Waals surface area contributed by atoms with Gasteiger partial charge in [-0.2, -0.15) is 0 Å². The van der Waals surface area contributed by atoms with Gasteiger partial charge in [-0.15, -0.1) is 0 Å². The molecule has 20 heavy (non-hydrogen) atoms. The summed E-state index contributed by atoms with van der Waals surface area (Å²) in [5, 5.41) is 3.61. The lowest BCUT2D eigenvalue weighted by atomic mass is 10.0. The van der Waals surface area contributed by atoms with E-state index in [0.29, 0.717) is 12.6 Å². The molecular weight excluding hydrogens is 252 g/mol. The summed E-state index contributed by atoms with van der Waals surface area (Å²) in [5.74, 6) is 0. The normalized spacial score (nSPS) is 16.0. The molecule has 1 aromatic rings. The Labute approximate surface area is 121 Å². The van der Waals surface area contributed by atoms with Crippen molar-refractivity contribution in [2.24, 2.45) is 0 Å². The van der Waals surface area contributed by atoms with Crippen LogP contribution in [-0.2, 0) is 11.2 Å². The van der Waals surface area contributed by atoms with Gasteiger partial charge in [-0.1, -0.05) is 25.1 Å². The molecule has 0 atom stereocenters. The van der Waals surface area contributed by atoms with E-state index in [0.717, 1.165) is 32.4 Å². The third-order valence-electron chi connectivity index (χ3n) is 3.78. The van der Waals surface area contributed by atoms with Crippen LogP contribution in [0.25, 0.3) is 0 Å². The second kappa shape index (κ2) is 7.17. The molecule has 0 saturated carbocycles. The minimum Gasteiger partial charge on any atom is -0.450 e. The number of amides is 1. The van der Waals surface area contributed by atoms with E-state index < -0.39 is 0 Å². The number of carbonyl (C=O) groups excluding carboxylic acids is 1. The Kier molecular flexibility index (Phi) is 5.27. The molecular formula is C16H24N2O2. The van der Waals surface area contributed by atoms with Gasteiger partial charge >= 0.3 is 6.09 Å². The highest BCUT2D eigenvalue weighted by molar-refractivity contribution is 5.67. The van der Waals surface area contributed by atoms with Crippen molar-refractivity contribution < 1.29 is 9.53 Å². The standard InChI is InChI=1S/C16H24N2O2/c1-3-13-7-5-6-8-15(13)17-14-9-11-18(12-10-14)16(19)20-4-2/h5-8,14,17H,3-4,9-12H2,1-2H3. The molecule has 0 spiro atoms. The monoisotopic (exact) mass is 276 g/mol. The van der Waals surface area contributed by atoms with Gasteiger partial charge in [0, 0.05) is 24.8 Å². The first-order chi connectivity index (χ1) is 9.74. The van der Waals surface area contributed by atoms with Crippen LogP contribution in [0, 0.1) is 0 Å². The van der Waals surface area contributed by atoms with Crippen molar-refractivity contribution in [1.82, 2.24) is 4.90 Å². The third-order valence-corrected chi connectivity index (χ3v) is 3.78. The molecule has 1 amide bonds. The van der Waals surface area contributed by atoms with Crippen LogP contribution in [0.4, 0.5) is 10.5 Å². The minimum absolute atomic E-state index is 0.181. The number of carbonyl (C=O) groups is 1. The summed E-state index contributed by atoms with van der Waals surface area (Å²) < 4.78 is 5.04. The topological polar surface area (TPSA) is 41.6 Å². The fourth-order valence-electron chi connectivity index (χ4n) is 2.61. The fraction of sp³-hybridized carbons (Fsp3) is 0.562. The van der Waals surface area contributed by atoms with Gasteiger partial charge in [0.25, 0.3) is 0 Å². The number of ether oxygens (including phenoxy) is 1. The number of likely N-dealkylation sites (tertiary alicyclic amines) is 1. The minimum atomic E-state index is -0.181. The molecule has 0 radical (unpaired) electrons. The van der Waals surface area contributed by atoms with E-state index in [1.54, 1.807) is 4.90 Å². The van der Waals surface area contributed by atoms with Crippen LogP contribution in [0.5, 0.6) is 0 Å². The Bertz CT molecular complexity index is 440. The zero-order chi connectivity index (χ0) is 14.4. The molecule has 110 valence electrons. The Morgan fingerprint density at radius 1 is 1.30 bits per heavy atom. The molecule has 2 rings (SSSR count). The summed E-state index contributed by atoms with van der Waals surface area (Å²) in [7, 11) is 0. The van der Waals surface area contributed by atoms with Crippen molar-refractivity contribution >= 4 is 11.8 Å². The van der Waals surface area contributed by atoms with Crippen LogP contribution in [-0.4, -0.2) is 36.7 Å². The smallest absolute Gasteiger partial charge is 0.409 e. The lowest BCUT2D eigenvalue weighted by Gasteiger charge is -2.32. The largest absolute Gasteiger partial charge is 0.450 e. The van der Waals surface area contributed by atoms with E-state index in [2.05, 4.69) is 36.5 Å². The molecule has 1 heterocycles. The molecule has 4 heteroatoms. The number of para-hydroxylation sites is 1. The molecule has 0 bridgehead atoms. The number of aryl methyl sites for hydroxylation is 1. The fourth-order valence-corrected chi connectivity index (χ4v) is 2.61. The Morgan fingerprint density at radius 2 is 2.00 bits per heavy atom. The highest BCUT2D eigenvalue weighted by atomic mass is 16.6. The van der Waals surface area contributed by atoms with Crippen LogP contribution in [0.15, 0.2) is 24.3 Å². The predicted molar refractivity (Wildman–Crippen MR) is 81.1 cm³/mol. The molecule has 1 aliphatic heterocycles.